The summed E-state index contributed by atoms with van der Waals surface area (Å²) in [4.78, 5) is 23.9. The number of fused-ring (bicyclic) bond motifs is 1. The van der Waals surface area contributed by atoms with Gasteiger partial charge in [-0.15, -0.1) is 0 Å². The number of rotatable bonds is 7. The van der Waals surface area contributed by atoms with Crippen LogP contribution in [0.4, 0.5) is 0 Å². The van der Waals surface area contributed by atoms with Crippen molar-refractivity contribution in [2.75, 3.05) is 6.61 Å². The standard InChI is InChI=1S/C26H32O10/c1-12-7-15-8-16(24(32)33)9-17(20(15)21(29)19(12)13(2)28)35-25-22(30)23(31)26(34,18(11-27)36-25)10-14-5-3-4-6-14/h7-9,14,18,22-23,25,27,29-31,34H,3-6,10-11H2,1-2H3,(H,32,33). The molecule has 1 aliphatic carbocycles. The average Bonchev–Trinajstić information content (AvgIpc) is 3.31. The lowest BCUT2D eigenvalue weighted by atomic mass is 9.77. The molecule has 4 rings (SSSR count). The number of phenols is 1. The van der Waals surface area contributed by atoms with Crippen LogP contribution in [0, 0.1) is 12.8 Å². The lowest BCUT2D eigenvalue weighted by molar-refractivity contribution is -0.316. The van der Waals surface area contributed by atoms with Crippen molar-refractivity contribution in [1.82, 2.24) is 0 Å². The van der Waals surface area contributed by atoms with E-state index in [2.05, 4.69) is 0 Å². The molecule has 2 fully saturated rings. The van der Waals surface area contributed by atoms with Gasteiger partial charge in [-0.25, -0.2) is 4.79 Å². The van der Waals surface area contributed by atoms with Crippen molar-refractivity contribution in [1.29, 1.82) is 0 Å². The number of aliphatic hydroxyl groups is 4. The van der Waals surface area contributed by atoms with Crippen LogP contribution in [-0.4, -0.2) is 79.2 Å². The van der Waals surface area contributed by atoms with Crippen molar-refractivity contribution in [2.24, 2.45) is 5.92 Å². The molecule has 2 aromatic rings. The fourth-order valence-electron chi connectivity index (χ4n) is 5.63. The molecule has 0 spiro atoms. The quantitative estimate of drug-likeness (QED) is 0.306. The van der Waals surface area contributed by atoms with E-state index in [9.17, 15) is 40.2 Å². The van der Waals surface area contributed by atoms with Crippen molar-refractivity contribution in [3.8, 4) is 11.5 Å². The number of hydrogen-bond acceptors (Lipinski definition) is 9. The highest BCUT2D eigenvalue weighted by Crippen LogP contribution is 2.43. The molecule has 10 nitrogen and oxygen atoms in total. The zero-order valence-electron chi connectivity index (χ0n) is 20.2. The Morgan fingerprint density at radius 1 is 1.17 bits per heavy atom. The minimum atomic E-state index is -1.92. The Morgan fingerprint density at radius 3 is 2.42 bits per heavy atom. The van der Waals surface area contributed by atoms with Crippen LogP contribution < -0.4 is 4.74 Å². The third kappa shape index (κ3) is 4.55. The number of Topliss-reactive ketones (excluding diaryl/α,β-unsaturated/α-hetero) is 1. The van der Waals surface area contributed by atoms with E-state index in [1.54, 1.807) is 6.92 Å². The lowest BCUT2D eigenvalue weighted by Gasteiger charge is -2.48. The molecule has 36 heavy (non-hydrogen) atoms. The van der Waals surface area contributed by atoms with Gasteiger partial charge in [0.15, 0.2) is 5.78 Å². The van der Waals surface area contributed by atoms with E-state index < -0.39 is 54.3 Å². The molecule has 2 aromatic carbocycles. The van der Waals surface area contributed by atoms with Gasteiger partial charge in [-0.1, -0.05) is 31.7 Å². The maximum absolute atomic E-state index is 12.1. The van der Waals surface area contributed by atoms with Crippen LogP contribution in [0.3, 0.4) is 0 Å². The summed E-state index contributed by atoms with van der Waals surface area (Å²) in [5, 5.41) is 63.8. The monoisotopic (exact) mass is 504 g/mol. The second-order valence-electron chi connectivity index (χ2n) is 9.93. The fourth-order valence-corrected chi connectivity index (χ4v) is 5.63. The van der Waals surface area contributed by atoms with Crippen LogP contribution in [0.2, 0.25) is 0 Å². The molecule has 1 saturated heterocycles. The van der Waals surface area contributed by atoms with Crippen LogP contribution >= 0.6 is 0 Å². The van der Waals surface area contributed by atoms with Gasteiger partial charge >= 0.3 is 5.97 Å². The number of carboxylic acids is 1. The lowest BCUT2D eigenvalue weighted by Crippen LogP contribution is -2.68. The highest BCUT2D eigenvalue weighted by molar-refractivity contribution is 6.08. The fraction of sp³-hybridized carbons (Fsp3) is 0.538. The summed E-state index contributed by atoms with van der Waals surface area (Å²) < 4.78 is 11.5. The van der Waals surface area contributed by atoms with Gasteiger partial charge in [-0.2, -0.15) is 0 Å². The van der Waals surface area contributed by atoms with Crippen LogP contribution in [0.1, 0.15) is 65.3 Å². The van der Waals surface area contributed by atoms with Gasteiger partial charge in [0.05, 0.1) is 23.1 Å². The second-order valence-corrected chi connectivity index (χ2v) is 9.93. The number of aromatic carboxylic acids is 1. The van der Waals surface area contributed by atoms with Gasteiger partial charge in [-0.3, -0.25) is 4.79 Å². The van der Waals surface area contributed by atoms with E-state index >= 15 is 0 Å². The number of aromatic hydroxyl groups is 1. The first-order valence-electron chi connectivity index (χ1n) is 12.0. The normalized spacial score (nSPS) is 28.9. The third-order valence-corrected chi connectivity index (χ3v) is 7.44. The second kappa shape index (κ2) is 9.95. The summed E-state index contributed by atoms with van der Waals surface area (Å²) in [5.41, 5.74) is -1.65. The zero-order valence-corrected chi connectivity index (χ0v) is 20.2. The van der Waals surface area contributed by atoms with Crippen molar-refractivity contribution in [3.63, 3.8) is 0 Å². The van der Waals surface area contributed by atoms with E-state index in [-0.39, 0.29) is 40.0 Å². The SMILES string of the molecule is CC(=O)c1c(C)cc2cc(C(=O)O)cc(OC3OC(CO)C(O)(CC4CCCC4)C(O)C3O)c2c1O. The van der Waals surface area contributed by atoms with Gasteiger partial charge in [0.25, 0.3) is 0 Å². The summed E-state index contributed by atoms with van der Waals surface area (Å²) in [6.45, 7) is 2.22. The maximum Gasteiger partial charge on any atom is 0.335 e. The molecule has 5 unspecified atom stereocenters. The van der Waals surface area contributed by atoms with Crippen molar-refractivity contribution >= 4 is 22.5 Å². The highest BCUT2D eigenvalue weighted by atomic mass is 16.7. The summed E-state index contributed by atoms with van der Waals surface area (Å²) in [7, 11) is 0. The Kier molecular flexibility index (Phi) is 7.27. The smallest absolute Gasteiger partial charge is 0.335 e. The summed E-state index contributed by atoms with van der Waals surface area (Å²) >= 11 is 0. The molecular weight excluding hydrogens is 472 g/mol. The van der Waals surface area contributed by atoms with E-state index in [1.165, 1.54) is 19.1 Å². The van der Waals surface area contributed by atoms with Crippen LogP contribution in [0.25, 0.3) is 10.8 Å². The molecule has 5 atom stereocenters. The molecule has 0 radical (unpaired) electrons. The Hall–Kier alpha value is -2.76. The van der Waals surface area contributed by atoms with Gasteiger partial charge < -0.3 is 40.1 Å². The van der Waals surface area contributed by atoms with Crippen molar-refractivity contribution < 1.29 is 49.7 Å². The highest BCUT2D eigenvalue weighted by Gasteiger charge is 2.56. The molecule has 0 aromatic heterocycles. The van der Waals surface area contributed by atoms with Gasteiger partial charge in [0.2, 0.25) is 6.29 Å². The number of ketones is 1. The molecule has 196 valence electrons. The zero-order chi connectivity index (χ0) is 26.4. The van der Waals surface area contributed by atoms with Gasteiger partial charge in [0.1, 0.15) is 35.4 Å². The Bertz CT molecular complexity index is 1170. The molecule has 2 aliphatic rings. The Balaban J connectivity index is 1.74. The van der Waals surface area contributed by atoms with E-state index in [0.29, 0.717) is 5.56 Å². The molecule has 0 bridgehead atoms. The minimum absolute atomic E-state index is 0.0217. The number of aliphatic hydroxyl groups excluding tert-OH is 3. The van der Waals surface area contributed by atoms with E-state index in [0.717, 1.165) is 31.7 Å². The maximum atomic E-state index is 12.1. The summed E-state index contributed by atoms with van der Waals surface area (Å²) in [6, 6.07) is 3.96. The third-order valence-electron chi connectivity index (χ3n) is 7.44. The number of phenolic OH excluding ortho intramolecular Hbond substituents is 1. The molecule has 6 N–H and O–H groups in total. The van der Waals surface area contributed by atoms with Crippen LogP contribution in [0.5, 0.6) is 11.5 Å². The predicted octanol–water partition coefficient (Wildman–Crippen LogP) is 1.88. The molecule has 1 saturated carbocycles. The Labute approximate surface area is 207 Å². The molecule has 0 amide bonds. The first kappa shape index (κ1) is 26.3. The number of benzene rings is 2. The first-order valence-corrected chi connectivity index (χ1v) is 12.0. The number of carboxylic acid groups (broad SMARTS) is 1. The largest absolute Gasteiger partial charge is 0.506 e. The van der Waals surface area contributed by atoms with E-state index in [4.69, 9.17) is 9.47 Å². The molecule has 1 heterocycles. The molecular formula is C26H32O10. The number of carbonyl (C=O) groups is 2. The first-order chi connectivity index (χ1) is 17.0. The minimum Gasteiger partial charge on any atom is -0.506 e. The Morgan fingerprint density at radius 2 is 1.83 bits per heavy atom. The number of hydrogen-bond donors (Lipinski definition) is 6. The predicted molar refractivity (Wildman–Crippen MR) is 127 cm³/mol. The van der Waals surface area contributed by atoms with Crippen LogP contribution in [-0.2, 0) is 4.74 Å². The van der Waals surface area contributed by atoms with Crippen molar-refractivity contribution in [2.45, 2.75) is 76.2 Å². The van der Waals surface area contributed by atoms with Crippen LogP contribution in [0.15, 0.2) is 18.2 Å². The molecule has 1 aliphatic heterocycles. The van der Waals surface area contributed by atoms with E-state index in [1.807, 2.05) is 0 Å². The average molecular weight is 505 g/mol. The summed E-state index contributed by atoms with van der Waals surface area (Å²) in [6.07, 6.45) is -2.57. The number of ether oxygens (including phenoxy) is 2. The molecule has 10 heteroatoms. The topological polar surface area (TPSA) is 174 Å². The van der Waals surface area contributed by atoms with Crippen molar-refractivity contribution in [3.05, 3.63) is 34.9 Å². The number of carbonyl (C=O) groups excluding carboxylic acids is 1. The number of aryl methyl sites for hydroxylation is 1. The summed E-state index contributed by atoms with van der Waals surface area (Å²) in [5.74, 6) is -2.22. The van der Waals surface area contributed by atoms with Gasteiger partial charge in [-0.05, 0) is 49.3 Å². The van der Waals surface area contributed by atoms with Gasteiger partial charge in [0, 0.05) is 0 Å².